The van der Waals surface area contributed by atoms with Gasteiger partial charge in [-0.1, -0.05) is 0 Å². The Kier molecular flexibility index (Phi) is 1.88. The molecule has 1 aromatic rings. The van der Waals surface area contributed by atoms with Crippen LogP contribution >= 0.6 is 8.19 Å². The third-order valence-electron chi connectivity index (χ3n) is 0.996. The minimum atomic E-state index is 0. The van der Waals surface area contributed by atoms with E-state index in [-0.39, 0.29) is 2.85 Å². The predicted octanol–water partition coefficient (Wildman–Crippen LogP) is 1.42. The van der Waals surface area contributed by atoms with E-state index in [0.29, 0.717) is 0 Å². The van der Waals surface area contributed by atoms with Crippen LogP contribution in [0.4, 0.5) is 0 Å². The minimum Gasteiger partial charge on any atom is -1.00 e. The molecule has 0 aromatic carbocycles. The molecule has 0 radical (unpaired) electrons. The Bertz CT molecular complexity index is 147. The van der Waals surface area contributed by atoms with Crippen LogP contribution in [0.2, 0.25) is 0 Å². The van der Waals surface area contributed by atoms with E-state index in [0.717, 1.165) is 8.19 Å². The molecule has 1 unspecified atom stereocenters. The molecule has 36 valence electrons. The van der Waals surface area contributed by atoms with Crippen LogP contribution in [0.5, 0.6) is 0 Å². The van der Waals surface area contributed by atoms with Crippen molar-refractivity contribution in [3.05, 3.63) is 17.2 Å². The van der Waals surface area contributed by atoms with E-state index in [4.69, 9.17) is 0 Å². The Morgan fingerprint density at radius 3 is 2.71 bits per heavy atom. The Hall–Kier alpha value is 0.650. The Morgan fingerprint density at radius 1 is 1.86 bits per heavy atom. The zero-order valence-corrected chi connectivity index (χ0v) is 7.04. The second-order valence-electron chi connectivity index (χ2n) is 1.56. The van der Waals surface area contributed by atoms with E-state index < -0.39 is 0 Å². The summed E-state index contributed by atoms with van der Waals surface area (Å²) in [5.74, 6) is 2.24. The molecule has 0 aliphatic carbocycles. The number of aryl methyl sites for hydroxylation is 1. The van der Waals surface area contributed by atoms with Crippen LogP contribution in [0, 0.1) is 6.92 Å². The standard InChI is InChI=1S/C5H6P.Sc.2H/c1-5-3-2-4-6-5;;;/h2,4,6H,1H3;;;/q;+2;2*-1. The molecule has 0 N–H and O–H groups in total. The maximum atomic E-state index is 2.24. The summed E-state index contributed by atoms with van der Waals surface area (Å²) in [7, 11) is 0.977. The SMILES string of the molecule is Cc1[pH]cc[c]1[Sc+2].[H-].[H-]. The zero-order chi connectivity index (χ0) is 5.28. The third kappa shape index (κ3) is 1.27. The monoisotopic (exact) mass is 144 g/mol. The summed E-state index contributed by atoms with van der Waals surface area (Å²) in [5, 5.41) is 1.57. The fourth-order valence-electron chi connectivity index (χ4n) is 0.465. The van der Waals surface area contributed by atoms with E-state index in [1.54, 1.807) is 29.7 Å². The molecule has 1 rings (SSSR count). The molecule has 1 aromatic heterocycles. The summed E-state index contributed by atoms with van der Waals surface area (Å²) in [6, 6.07) is 2.22. The molecule has 0 saturated heterocycles. The van der Waals surface area contributed by atoms with Crippen molar-refractivity contribution in [3.63, 3.8) is 0 Å². The topological polar surface area (TPSA) is 0 Å². The molecule has 2 heteroatoms. The van der Waals surface area contributed by atoms with Crippen molar-refractivity contribution in [3.8, 4) is 0 Å². The largest absolute Gasteiger partial charge is 1.00 e. The fraction of sp³-hybridized carbons (Fsp3) is 0.200. The van der Waals surface area contributed by atoms with Gasteiger partial charge in [0.25, 0.3) is 0 Å². The molecule has 0 fully saturated rings. The Labute approximate surface area is 62.9 Å². The first kappa shape index (κ1) is 5.78. The minimum absolute atomic E-state index is 0. The van der Waals surface area contributed by atoms with Crippen molar-refractivity contribution < 1.29 is 27.2 Å². The predicted molar refractivity (Wildman–Crippen MR) is 32.5 cm³/mol. The van der Waals surface area contributed by atoms with Crippen LogP contribution in [0.3, 0.4) is 0 Å². The second kappa shape index (κ2) is 2.28. The van der Waals surface area contributed by atoms with Crippen molar-refractivity contribution in [1.82, 2.24) is 0 Å². The summed E-state index contributed by atoms with van der Waals surface area (Å²) in [5.41, 5.74) is 0. The van der Waals surface area contributed by atoms with Crippen LogP contribution in [-0.4, -0.2) is 0 Å². The third-order valence-corrected chi connectivity index (χ3v) is 3.48. The van der Waals surface area contributed by atoms with Gasteiger partial charge in [0.1, 0.15) is 0 Å². The molecule has 0 bridgehead atoms. The first-order valence-electron chi connectivity index (χ1n) is 2.20. The van der Waals surface area contributed by atoms with Gasteiger partial charge >= 0.3 is 60.0 Å². The van der Waals surface area contributed by atoms with Gasteiger partial charge in [0.2, 0.25) is 0 Å². The molecular formula is C5H8PSc. The average Bonchev–Trinajstić information content (AvgIpc) is 1.91. The quantitative estimate of drug-likeness (QED) is 0.516. The van der Waals surface area contributed by atoms with Crippen molar-refractivity contribution >= 4 is 11.5 Å². The normalized spacial score (nSPS) is 10.7. The van der Waals surface area contributed by atoms with Crippen molar-refractivity contribution in [1.29, 1.82) is 0 Å². The molecule has 1 heterocycles. The van der Waals surface area contributed by atoms with Gasteiger partial charge in [-0.2, -0.15) is 0 Å². The summed E-state index contributed by atoms with van der Waals surface area (Å²) in [6.07, 6.45) is 0. The van der Waals surface area contributed by atoms with Crippen LogP contribution in [-0.2, 0) is 24.4 Å². The van der Waals surface area contributed by atoms with E-state index in [1.165, 1.54) is 3.32 Å². The van der Waals surface area contributed by atoms with Crippen molar-refractivity contribution in [2.75, 3.05) is 0 Å². The van der Waals surface area contributed by atoms with Crippen LogP contribution in [0.1, 0.15) is 8.15 Å². The zero-order valence-electron chi connectivity index (χ0n) is 6.23. The second-order valence-corrected chi connectivity index (χ2v) is 3.90. The summed E-state index contributed by atoms with van der Waals surface area (Å²) in [4.78, 5) is 0. The van der Waals surface area contributed by atoms with Crippen LogP contribution in [0.15, 0.2) is 11.9 Å². The molecular weight excluding hydrogens is 136 g/mol. The van der Waals surface area contributed by atoms with Gasteiger partial charge in [-0.3, -0.25) is 0 Å². The van der Waals surface area contributed by atoms with Gasteiger partial charge in [0.05, 0.1) is 0 Å². The van der Waals surface area contributed by atoms with Gasteiger partial charge in [-0.25, -0.2) is 0 Å². The van der Waals surface area contributed by atoms with Gasteiger partial charge in [0, 0.05) is 0 Å². The van der Waals surface area contributed by atoms with E-state index in [1.807, 2.05) is 0 Å². The van der Waals surface area contributed by atoms with Crippen LogP contribution < -0.4 is 3.32 Å². The molecule has 0 nitrogen and oxygen atoms in total. The van der Waals surface area contributed by atoms with Crippen molar-refractivity contribution in [2.24, 2.45) is 0 Å². The molecule has 0 aliphatic rings. The van der Waals surface area contributed by atoms with Crippen molar-refractivity contribution in [2.45, 2.75) is 6.92 Å². The van der Waals surface area contributed by atoms with Gasteiger partial charge in [-0.05, 0) is 0 Å². The molecule has 0 spiro atoms. The summed E-state index contributed by atoms with van der Waals surface area (Å²) in [6.45, 7) is 2.20. The Balaban J connectivity index is 0. The Morgan fingerprint density at radius 2 is 2.57 bits per heavy atom. The molecule has 0 saturated carbocycles. The maximum absolute atomic E-state index is 2.24. The van der Waals surface area contributed by atoms with E-state index >= 15 is 0 Å². The number of hydrogen-bond acceptors (Lipinski definition) is 0. The van der Waals surface area contributed by atoms with Gasteiger partial charge < -0.3 is 2.85 Å². The first-order valence-corrected chi connectivity index (χ1v) is 4.18. The van der Waals surface area contributed by atoms with E-state index in [9.17, 15) is 0 Å². The average molecular weight is 144 g/mol. The van der Waals surface area contributed by atoms with Crippen LogP contribution in [0.25, 0.3) is 0 Å². The van der Waals surface area contributed by atoms with E-state index in [2.05, 4.69) is 18.8 Å². The van der Waals surface area contributed by atoms with Gasteiger partial charge in [-0.15, -0.1) is 0 Å². The molecule has 0 amide bonds. The number of rotatable bonds is 0. The number of hydrogen-bond donors (Lipinski definition) is 0. The maximum Gasteiger partial charge on any atom is -1.00 e. The molecule has 7 heavy (non-hydrogen) atoms. The fourth-order valence-corrected chi connectivity index (χ4v) is 2.07. The molecule has 0 aliphatic heterocycles. The molecule has 1 atom stereocenters. The summed E-state index contributed by atoms with van der Waals surface area (Å²) >= 11 is 1.74. The van der Waals surface area contributed by atoms with Gasteiger partial charge in [0.15, 0.2) is 0 Å². The first-order chi connectivity index (χ1) is 3.30. The smallest absolute Gasteiger partial charge is 1.00 e. The summed E-state index contributed by atoms with van der Waals surface area (Å²) < 4.78 is 1.52.